The molecule has 0 spiro atoms. The first kappa shape index (κ1) is 15.3. The summed E-state index contributed by atoms with van der Waals surface area (Å²) in [5.41, 5.74) is 0.508. The van der Waals surface area contributed by atoms with Gasteiger partial charge in [0.2, 0.25) is 5.91 Å². The van der Waals surface area contributed by atoms with E-state index in [1.165, 1.54) is 4.90 Å². The van der Waals surface area contributed by atoms with Crippen LogP contribution < -0.4 is 10.9 Å². The van der Waals surface area contributed by atoms with Crippen molar-refractivity contribution in [2.75, 3.05) is 6.54 Å². The lowest BCUT2D eigenvalue weighted by atomic mass is 10.1. The Morgan fingerprint density at radius 2 is 2.10 bits per heavy atom. The van der Waals surface area contributed by atoms with Gasteiger partial charge in [0, 0.05) is 30.8 Å². The third-order valence-corrected chi connectivity index (χ3v) is 3.74. The van der Waals surface area contributed by atoms with Gasteiger partial charge in [-0.25, -0.2) is 4.79 Å². The Kier molecular flexibility index (Phi) is 4.77. The predicted octanol–water partition coefficient (Wildman–Crippen LogP) is 1.65. The van der Waals surface area contributed by atoms with Crippen LogP contribution in [0.2, 0.25) is 0 Å². The maximum Gasteiger partial charge on any atom is 0.324 e. The molecule has 3 amide bonds. The average Bonchev–Trinajstić information content (AvgIpc) is 2.44. The Morgan fingerprint density at radius 1 is 1.33 bits per heavy atom. The summed E-state index contributed by atoms with van der Waals surface area (Å²) >= 11 is 0. The average molecular weight is 291 g/mol. The Morgan fingerprint density at radius 3 is 2.76 bits per heavy atom. The molecule has 1 aliphatic heterocycles. The number of carbonyl (C=O) groups is 2. The topological polar surface area (TPSA) is 71.4 Å². The summed E-state index contributed by atoms with van der Waals surface area (Å²) in [7, 11) is 0. The maximum atomic E-state index is 12.5. The molecule has 0 bridgehead atoms. The minimum absolute atomic E-state index is 0.0665. The van der Waals surface area contributed by atoms with E-state index in [2.05, 4.69) is 12.2 Å². The molecular formula is C15H21N3O3. The molecular weight excluding hydrogens is 270 g/mol. The fourth-order valence-corrected chi connectivity index (χ4v) is 2.54. The molecule has 6 nitrogen and oxygen atoms in total. The highest BCUT2D eigenvalue weighted by atomic mass is 16.2. The SMILES string of the molecule is CCCC(C)n1cccc(CN2CCC(=O)NC2=O)c1=O. The van der Waals surface area contributed by atoms with Gasteiger partial charge in [-0.2, -0.15) is 0 Å². The fourth-order valence-electron chi connectivity index (χ4n) is 2.54. The van der Waals surface area contributed by atoms with Gasteiger partial charge in [-0.15, -0.1) is 0 Å². The second kappa shape index (κ2) is 6.56. The highest BCUT2D eigenvalue weighted by Gasteiger charge is 2.23. The van der Waals surface area contributed by atoms with Gasteiger partial charge in [0.25, 0.3) is 5.56 Å². The van der Waals surface area contributed by atoms with Crippen LogP contribution in [-0.2, 0) is 11.3 Å². The van der Waals surface area contributed by atoms with E-state index in [9.17, 15) is 14.4 Å². The number of carbonyl (C=O) groups excluding carboxylic acids is 2. The molecule has 1 aromatic rings. The van der Waals surface area contributed by atoms with E-state index in [1.807, 2.05) is 13.0 Å². The first-order valence-electron chi connectivity index (χ1n) is 7.31. The summed E-state index contributed by atoms with van der Waals surface area (Å²) in [5.74, 6) is -0.265. The van der Waals surface area contributed by atoms with E-state index < -0.39 is 6.03 Å². The number of nitrogens with one attached hydrogen (secondary N) is 1. The number of urea groups is 1. The van der Waals surface area contributed by atoms with Crippen molar-refractivity contribution in [2.24, 2.45) is 0 Å². The van der Waals surface area contributed by atoms with Crippen LogP contribution in [0.25, 0.3) is 0 Å². The number of imide groups is 1. The van der Waals surface area contributed by atoms with Crippen LogP contribution in [0.3, 0.4) is 0 Å². The smallest absolute Gasteiger partial charge is 0.319 e. The summed E-state index contributed by atoms with van der Waals surface area (Å²) in [4.78, 5) is 36.8. The molecule has 1 aliphatic rings. The Balaban J connectivity index is 2.17. The van der Waals surface area contributed by atoms with Gasteiger partial charge in [0.15, 0.2) is 0 Å². The number of rotatable bonds is 5. The zero-order chi connectivity index (χ0) is 15.4. The van der Waals surface area contributed by atoms with Gasteiger partial charge in [-0.05, 0) is 19.4 Å². The largest absolute Gasteiger partial charge is 0.324 e. The van der Waals surface area contributed by atoms with Gasteiger partial charge in [0.1, 0.15) is 0 Å². The van der Waals surface area contributed by atoms with E-state index in [1.54, 1.807) is 16.8 Å². The zero-order valence-corrected chi connectivity index (χ0v) is 12.5. The first-order chi connectivity index (χ1) is 10.0. The Labute approximate surface area is 123 Å². The molecule has 1 fully saturated rings. The van der Waals surface area contributed by atoms with Crippen LogP contribution in [0, 0.1) is 0 Å². The van der Waals surface area contributed by atoms with Gasteiger partial charge >= 0.3 is 6.03 Å². The number of amides is 3. The van der Waals surface area contributed by atoms with Crippen LogP contribution in [0.4, 0.5) is 4.79 Å². The first-order valence-corrected chi connectivity index (χ1v) is 7.31. The molecule has 6 heteroatoms. The lowest BCUT2D eigenvalue weighted by Crippen LogP contribution is -2.49. The van der Waals surface area contributed by atoms with Gasteiger partial charge in [-0.1, -0.05) is 19.4 Å². The van der Waals surface area contributed by atoms with E-state index in [4.69, 9.17) is 0 Å². The number of nitrogens with zero attached hydrogens (tertiary/aromatic N) is 2. The number of pyridine rings is 1. The monoisotopic (exact) mass is 291 g/mol. The van der Waals surface area contributed by atoms with Gasteiger partial charge in [0.05, 0.1) is 6.54 Å². The van der Waals surface area contributed by atoms with Crippen LogP contribution in [0.1, 0.15) is 44.7 Å². The minimum atomic E-state index is -0.428. The number of hydrogen-bond donors (Lipinski definition) is 1. The van der Waals surface area contributed by atoms with Crippen molar-refractivity contribution in [3.05, 3.63) is 34.2 Å². The van der Waals surface area contributed by atoms with Crippen molar-refractivity contribution in [3.63, 3.8) is 0 Å². The summed E-state index contributed by atoms with van der Waals surface area (Å²) in [6.45, 7) is 4.68. The fraction of sp³-hybridized carbons (Fsp3) is 0.533. The van der Waals surface area contributed by atoms with Crippen molar-refractivity contribution in [1.82, 2.24) is 14.8 Å². The minimum Gasteiger partial charge on any atom is -0.319 e. The summed E-state index contributed by atoms with van der Waals surface area (Å²) in [6, 6.07) is 3.28. The Hall–Kier alpha value is -2.11. The quantitative estimate of drug-likeness (QED) is 0.896. The van der Waals surface area contributed by atoms with Crippen LogP contribution in [0.5, 0.6) is 0 Å². The second-order valence-electron chi connectivity index (χ2n) is 5.41. The molecule has 0 saturated carbocycles. The molecule has 2 heterocycles. The molecule has 1 atom stereocenters. The molecule has 1 unspecified atom stereocenters. The van der Waals surface area contributed by atoms with E-state index >= 15 is 0 Å². The van der Waals surface area contributed by atoms with Gasteiger partial charge in [-0.3, -0.25) is 14.9 Å². The number of hydrogen-bond acceptors (Lipinski definition) is 3. The second-order valence-corrected chi connectivity index (χ2v) is 5.41. The molecule has 0 radical (unpaired) electrons. The third-order valence-electron chi connectivity index (χ3n) is 3.74. The molecule has 1 saturated heterocycles. The molecule has 114 valence electrons. The van der Waals surface area contributed by atoms with Crippen molar-refractivity contribution in [3.8, 4) is 0 Å². The normalized spacial score (nSPS) is 16.8. The number of aromatic nitrogens is 1. The lowest BCUT2D eigenvalue weighted by molar-refractivity contribution is -0.121. The van der Waals surface area contributed by atoms with Crippen molar-refractivity contribution in [2.45, 2.75) is 45.7 Å². The summed E-state index contributed by atoms with van der Waals surface area (Å²) in [6.07, 6.45) is 4.00. The zero-order valence-electron chi connectivity index (χ0n) is 12.5. The molecule has 21 heavy (non-hydrogen) atoms. The highest BCUT2D eigenvalue weighted by molar-refractivity contribution is 5.96. The van der Waals surface area contributed by atoms with Crippen molar-refractivity contribution < 1.29 is 9.59 Å². The molecule has 0 aliphatic carbocycles. The Bertz CT molecular complexity index is 594. The highest BCUT2D eigenvalue weighted by Crippen LogP contribution is 2.11. The maximum absolute atomic E-state index is 12.5. The molecule has 2 rings (SSSR count). The summed E-state index contributed by atoms with van der Waals surface area (Å²) < 4.78 is 1.71. The lowest BCUT2D eigenvalue weighted by Gasteiger charge is -2.26. The summed E-state index contributed by atoms with van der Waals surface area (Å²) in [5, 5.41) is 2.27. The molecule has 1 aromatic heterocycles. The van der Waals surface area contributed by atoms with Crippen LogP contribution in [0.15, 0.2) is 23.1 Å². The van der Waals surface area contributed by atoms with E-state index in [0.29, 0.717) is 12.1 Å². The third kappa shape index (κ3) is 3.51. The van der Waals surface area contributed by atoms with Crippen molar-refractivity contribution >= 4 is 11.9 Å². The van der Waals surface area contributed by atoms with Crippen LogP contribution in [-0.4, -0.2) is 28.0 Å². The van der Waals surface area contributed by atoms with E-state index in [-0.39, 0.29) is 30.5 Å². The van der Waals surface area contributed by atoms with Crippen LogP contribution >= 0.6 is 0 Å². The predicted molar refractivity (Wildman–Crippen MR) is 78.9 cm³/mol. The van der Waals surface area contributed by atoms with Gasteiger partial charge < -0.3 is 9.47 Å². The van der Waals surface area contributed by atoms with Crippen molar-refractivity contribution in [1.29, 1.82) is 0 Å². The molecule has 1 N–H and O–H groups in total. The van der Waals surface area contributed by atoms with E-state index in [0.717, 1.165) is 12.8 Å². The standard InChI is InChI=1S/C15H21N3O3/c1-3-5-11(2)18-8-4-6-12(14(18)20)10-17-9-7-13(19)16-15(17)21/h4,6,8,11H,3,5,7,9-10H2,1-2H3,(H,16,19,21). The molecule has 0 aromatic carbocycles.